The molecule has 9 heteroatoms. The average molecular weight is 493 g/mol. The second kappa shape index (κ2) is 9.24. The Morgan fingerprint density at radius 2 is 1.62 bits per heavy atom. The van der Waals surface area contributed by atoms with Gasteiger partial charge in [0.25, 0.3) is 11.7 Å². The van der Waals surface area contributed by atoms with Gasteiger partial charge in [-0.2, -0.15) is 5.10 Å². The Morgan fingerprint density at radius 1 is 1.00 bits per heavy atom. The highest BCUT2D eigenvalue weighted by molar-refractivity contribution is 6.42. The van der Waals surface area contributed by atoms with Gasteiger partial charge < -0.3 is 10.0 Å². The number of ketones is 1. The lowest BCUT2D eigenvalue weighted by molar-refractivity contribution is -0.128. The topological polar surface area (TPSA) is 75.4 Å². The van der Waals surface area contributed by atoms with Gasteiger partial charge in [-0.25, -0.2) is 4.68 Å². The van der Waals surface area contributed by atoms with E-state index in [2.05, 4.69) is 5.10 Å². The molecule has 1 aromatic heterocycles. The maximum absolute atomic E-state index is 13.2. The third-order valence-corrected chi connectivity index (χ3v) is 6.33. The van der Waals surface area contributed by atoms with Crippen molar-refractivity contribution in [2.45, 2.75) is 25.9 Å². The Bertz CT molecular complexity index is 1180. The third kappa shape index (κ3) is 4.41. The van der Waals surface area contributed by atoms with Crippen LogP contribution in [0.3, 0.4) is 0 Å². The Kier molecular flexibility index (Phi) is 6.58. The second-order valence-corrected chi connectivity index (χ2v) is 8.97. The lowest BCUT2D eigenvalue weighted by Gasteiger charge is -2.28. The summed E-state index contributed by atoms with van der Waals surface area (Å²) in [5, 5.41) is 15.6. The fourth-order valence-electron chi connectivity index (χ4n) is 3.80. The molecule has 1 N–H and O–H groups in total. The van der Waals surface area contributed by atoms with Gasteiger partial charge in [0, 0.05) is 34.3 Å². The molecule has 1 aliphatic heterocycles. The smallest absolute Gasteiger partial charge is 0.296 e. The zero-order valence-corrected chi connectivity index (χ0v) is 19.5. The fourth-order valence-corrected chi connectivity index (χ4v) is 4.41. The van der Waals surface area contributed by atoms with Crippen LogP contribution in [-0.2, 0) is 4.79 Å². The molecule has 1 fully saturated rings. The number of halogens is 3. The largest absolute Gasteiger partial charge is 0.393 e. The van der Waals surface area contributed by atoms with Crippen molar-refractivity contribution in [3.05, 3.63) is 68.8 Å². The van der Waals surface area contributed by atoms with E-state index in [0.29, 0.717) is 57.9 Å². The number of benzene rings is 2. The number of rotatable bonds is 4. The highest BCUT2D eigenvalue weighted by Gasteiger charge is 2.31. The lowest BCUT2D eigenvalue weighted by Crippen LogP contribution is -2.43. The van der Waals surface area contributed by atoms with Gasteiger partial charge in [0.15, 0.2) is 0 Å². The summed E-state index contributed by atoms with van der Waals surface area (Å²) in [6.45, 7) is 2.41. The van der Waals surface area contributed by atoms with E-state index in [0.717, 1.165) is 5.56 Å². The first-order valence-electron chi connectivity index (χ1n) is 10.1. The Labute approximate surface area is 200 Å². The summed E-state index contributed by atoms with van der Waals surface area (Å²) in [4.78, 5) is 27.5. The molecule has 6 nitrogen and oxygen atoms in total. The lowest BCUT2D eigenvalue weighted by atomic mass is 10.0. The Balaban J connectivity index is 1.81. The SMILES string of the molecule is Cc1c(C(=O)C(=O)N2CCC(O)CC2)nn(-c2ccc(Cl)cc2Cl)c1-c1ccc(Cl)cc1. The summed E-state index contributed by atoms with van der Waals surface area (Å²) in [7, 11) is 0. The summed E-state index contributed by atoms with van der Waals surface area (Å²) in [6, 6.07) is 12.1. The van der Waals surface area contributed by atoms with Gasteiger partial charge in [0.2, 0.25) is 0 Å². The quantitative estimate of drug-likeness (QED) is 0.412. The van der Waals surface area contributed by atoms with Crippen molar-refractivity contribution in [1.29, 1.82) is 0 Å². The van der Waals surface area contributed by atoms with E-state index in [4.69, 9.17) is 34.8 Å². The maximum atomic E-state index is 13.2. The van der Waals surface area contributed by atoms with Crippen LogP contribution in [0.25, 0.3) is 16.9 Å². The zero-order chi connectivity index (χ0) is 23.0. The number of likely N-dealkylation sites (tertiary alicyclic amines) is 1. The van der Waals surface area contributed by atoms with Crippen LogP contribution in [0.4, 0.5) is 0 Å². The van der Waals surface area contributed by atoms with E-state index in [-0.39, 0.29) is 5.69 Å². The van der Waals surface area contributed by atoms with Crippen LogP contribution in [0.2, 0.25) is 15.1 Å². The van der Waals surface area contributed by atoms with Gasteiger partial charge in [0.05, 0.1) is 22.5 Å². The number of hydrogen-bond donors (Lipinski definition) is 1. The van der Waals surface area contributed by atoms with Crippen LogP contribution in [0.1, 0.15) is 28.9 Å². The van der Waals surface area contributed by atoms with Crippen LogP contribution < -0.4 is 0 Å². The van der Waals surface area contributed by atoms with Crippen molar-refractivity contribution >= 4 is 46.5 Å². The van der Waals surface area contributed by atoms with Crippen molar-refractivity contribution < 1.29 is 14.7 Å². The first-order valence-corrected chi connectivity index (χ1v) is 11.2. The van der Waals surface area contributed by atoms with Crippen molar-refractivity contribution in [3.63, 3.8) is 0 Å². The monoisotopic (exact) mass is 491 g/mol. The summed E-state index contributed by atoms with van der Waals surface area (Å²) >= 11 is 18.5. The molecule has 2 aromatic carbocycles. The van der Waals surface area contributed by atoms with Crippen LogP contribution in [0.15, 0.2) is 42.5 Å². The van der Waals surface area contributed by atoms with Gasteiger partial charge in [-0.1, -0.05) is 46.9 Å². The van der Waals surface area contributed by atoms with E-state index in [1.165, 1.54) is 4.90 Å². The maximum Gasteiger partial charge on any atom is 0.296 e. The second-order valence-electron chi connectivity index (χ2n) is 7.69. The molecular weight excluding hydrogens is 473 g/mol. The molecular formula is C23H20Cl3N3O3. The number of nitrogens with zero attached hydrogens (tertiary/aromatic N) is 3. The number of Topliss-reactive ketones (excluding diaryl/α,β-unsaturated/α-hetero) is 1. The molecule has 0 aliphatic carbocycles. The number of aromatic nitrogens is 2. The van der Waals surface area contributed by atoms with Crippen LogP contribution in [-0.4, -0.2) is 50.7 Å². The van der Waals surface area contributed by atoms with E-state index in [1.807, 2.05) is 12.1 Å². The van der Waals surface area contributed by atoms with Crippen LogP contribution >= 0.6 is 34.8 Å². The van der Waals surface area contributed by atoms with E-state index < -0.39 is 17.8 Å². The van der Waals surface area contributed by atoms with Gasteiger partial charge in [-0.15, -0.1) is 0 Å². The molecule has 166 valence electrons. The number of aliphatic hydroxyl groups is 1. The molecule has 0 bridgehead atoms. The van der Waals surface area contributed by atoms with Gasteiger partial charge in [0.1, 0.15) is 5.69 Å². The number of carbonyl (C=O) groups is 2. The number of amides is 1. The summed E-state index contributed by atoms with van der Waals surface area (Å²) < 4.78 is 1.55. The zero-order valence-electron chi connectivity index (χ0n) is 17.2. The van der Waals surface area contributed by atoms with Crippen LogP contribution in [0, 0.1) is 6.92 Å². The molecule has 2 heterocycles. The molecule has 0 saturated carbocycles. The normalized spacial score (nSPS) is 14.6. The van der Waals surface area contributed by atoms with Crippen molar-refractivity contribution in [1.82, 2.24) is 14.7 Å². The average Bonchev–Trinajstić information content (AvgIpc) is 3.10. The molecule has 1 amide bonds. The number of carbonyl (C=O) groups excluding carboxylic acids is 2. The highest BCUT2D eigenvalue weighted by atomic mass is 35.5. The Morgan fingerprint density at radius 3 is 2.25 bits per heavy atom. The standard InChI is InChI=1S/C23H20Cl3N3O3/c1-13-20(22(31)23(32)28-10-8-17(30)9-11-28)27-29(19-7-6-16(25)12-18(19)26)21(13)14-2-4-15(24)5-3-14/h2-7,12,17,30H,8-11H2,1H3. The Hall–Kier alpha value is -2.38. The van der Waals surface area contributed by atoms with Gasteiger partial charge in [-0.3, -0.25) is 9.59 Å². The highest BCUT2D eigenvalue weighted by Crippen LogP contribution is 2.33. The molecule has 0 unspecified atom stereocenters. The summed E-state index contributed by atoms with van der Waals surface area (Å²) in [6.07, 6.45) is 0.449. The predicted molar refractivity (Wildman–Crippen MR) is 125 cm³/mol. The minimum atomic E-state index is -0.696. The molecule has 1 aliphatic rings. The van der Waals surface area contributed by atoms with E-state index in [9.17, 15) is 14.7 Å². The number of hydrogen-bond acceptors (Lipinski definition) is 4. The third-order valence-electron chi connectivity index (χ3n) is 5.54. The number of piperidine rings is 1. The molecule has 0 radical (unpaired) electrons. The minimum absolute atomic E-state index is 0.0529. The fraction of sp³-hybridized carbons (Fsp3) is 0.261. The summed E-state index contributed by atoms with van der Waals surface area (Å²) in [5.41, 5.74) is 2.51. The summed E-state index contributed by atoms with van der Waals surface area (Å²) in [5.74, 6) is -1.33. The van der Waals surface area contributed by atoms with Gasteiger partial charge in [-0.05, 0) is 50.1 Å². The first kappa shape index (κ1) is 22.8. The van der Waals surface area contributed by atoms with Gasteiger partial charge >= 0.3 is 0 Å². The number of aliphatic hydroxyl groups excluding tert-OH is 1. The first-order chi connectivity index (χ1) is 15.3. The molecule has 0 spiro atoms. The van der Waals surface area contributed by atoms with E-state index >= 15 is 0 Å². The molecule has 4 rings (SSSR count). The minimum Gasteiger partial charge on any atom is -0.393 e. The molecule has 1 saturated heterocycles. The van der Waals surface area contributed by atoms with Crippen LogP contribution in [0.5, 0.6) is 0 Å². The molecule has 3 aromatic rings. The van der Waals surface area contributed by atoms with Crippen molar-refractivity contribution in [2.24, 2.45) is 0 Å². The molecule has 32 heavy (non-hydrogen) atoms. The predicted octanol–water partition coefficient (Wildman–Crippen LogP) is 4.97. The van der Waals surface area contributed by atoms with Crippen molar-refractivity contribution in [3.8, 4) is 16.9 Å². The van der Waals surface area contributed by atoms with E-state index in [1.54, 1.807) is 41.9 Å². The molecule has 0 atom stereocenters. The van der Waals surface area contributed by atoms with Crippen molar-refractivity contribution in [2.75, 3.05) is 13.1 Å².